The van der Waals surface area contributed by atoms with E-state index in [0.29, 0.717) is 10.0 Å². The number of benzene rings is 2. The maximum Gasteiger partial charge on any atom is 0.118 e. The van der Waals surface area contributed by atoms with Crippen molar-refractivity contribution < 1.29 is 4.74 Å². The van der Waals surface area contributed by atoms with Crippen LogP contribution in [-0.4, -0.2) is 7.11 Å². The zero-order chi connectivity index (χ0) is 11.5. The second kappa shape index (κ2) is 4.77. The van der Waals surface area contributed by atoms with Crippen LogP contribution < -0.4 is 4.74 Å². The van der Waals surface area contributed by atoms with Gasteiger partial charge >= 0.3 is 0 Å². The monoisotopic (exact) mass is 252 g/mol. The highest BCUT2D eigenvalue weighted by Crippen LogP contribution is 2.28. The molecule has 0 spiro atoms. The van der Waals surface area contributed by atoms with E-state index >= 15 is 0 Å². The average Bonchev–Trinajstić information content (AvgIpc) is 2.28. The lowest BCUT2D eigenvalue weighted by Gasteiger charge is -2.05. The molecule has 0 aliphatic carbocycles. The standard InChI is InChI=1S/C13H10Cl2O/c1-16-13-4-2-9(3-5-13)10-6-11(14)8-12(15)7-10/h2-8H,1H3. The topological polar surface area (TPSA) is 9.23 Å². The molecule has 0 aromatic heterocycles. The van der Waals surface area contributed by atoms with Gasteiger partial charge in [0.25, 0.3) is 0 Å². The maximum atomic E-state index is 5.95. The molecular weight excluding hydrogens is 243 g/mol. The molecule has 16 heavy (non-hydrogen) atoms. The third-order valence-electron chi connectivity index (χ3n) is 2.29. The first-order valence-corrected chi connectivity index (χ1v) is 5.55. The highest BCUT2D eigenvalue weighted by molar-refractivity contribution is 6.35. The molecule has 2 aromatic carbocycles. The van der Waals surface area contributed by atoms with Crippen LogP contribution in [0.25, 0.3) is 11.1 Å². The van der Waals surface area contributed by atoms with Crippen LogP contribution in [-0.2, 0) is 0 Å². The SMILES string of the molecule is COc1ccc(-c2cc(Cl)cc(Cl)c2)cc1. The fourth-order valence-corrected chi connectivity index (χ4v) is 2.03. The van der Waals surface area contributed by atoms with Crippen LogP contribution in [0, 0.1) is 0 Å². The Morgan fingerprint density at radius 2 is 1.38 bits per heavy atom. The summed E-state index contributed by atoms with van der Waals surface area (Å²) in [6, 6.07) is 13.2. The average molecular weight is 253 g/mol. The van der Waals surface area contributed by atoms with E-state index in [9.17, 15) is 0 Å². The normalized spacial score (nSPS) is 10.2. The van der Waals surface area contributed by atoms with Crippen molar-refractivity contribution in [3.8, 4) is 16.9 Å². The summed E-state index contributed by atoms with van der Waals surface area (Å²) in [6.45, 7) is 0. The predicted octanol–water partition coefficient (Wildman–Crippen LogP) is 4.67. The minimum atomic E-state index is 0.637. The Balaban J connectivity index is 2.42. The van der Waals surface area contributed by atoms with E-state index in [-0.39, 0.29) is 0 Å². The van der Waals surface area contributed by atoms with E-state index in [2.05, 4.69) is 0 Å². The van der Waals surface area contributed by atoms with E-state index in [1.807, 2.05) is 36.4 Å². The van der Waals surface area contributed by atoms with Gasteiger partial charge in [-0.05, 0) is 41.5 Å². The number of rotatable bonds is 2. The summed E-state index contributed by atoms with van der Waals surface area (Å²) < 4.78 is 5.10. The number of methoxy groups -OCH3 is 1. The van der Waals surface area contributed by atoms with E-state index in [1.54, 1.807) is 13.2 Å². The van der Waals surface area contributed by atoms with Crippen LogP contribution in [0.4, 0.5) is 0 Å². The molecular formula is C13H10Cl2O. The zero-order valence-corrected chi connectivity index (χ0v) is 10.2. The molecule has 2 aromatic rings. The van der Waals surface area contributed by atoms with Crippen molar-refractivity contribution in [2.45, 2.75) is 0 Å². The molecule has 0 atom stereocenters. The Hall–Kier alpha value is -1.18. The molecule has 0 aliphatic rings. The fraction of sp³-hybridized carbons (Fsp3) is 0.0769. The second-order valence-electron chi connectivity index (χ2n) is 3.39. The lowest BCUT2D eigenvalue weighted by atomic mass is 10.1. The van der Waals surface area contributed by atoms with Gasteiger partial charge in [0.2, 0.25) is 0 Å². The van der Waals surface area contributed by atoms with Crippen molar-refractivity contribution in [2.75, 3.05) is 7.11 Å². The van der Waals surface area contributed by atoms with Crippen molar-refractivity contribution in [1.82, 2.24) is 0 Å². The summed E-state index contributed by atoms with van der Waals surface area (Å²) in [4.78, 5) is 0. The number of halogens is 2. The van der Waals surface area contributed by atoms with Gasteiger partial charge < -0.3 is 4.74 Å². The molecule has 0 radical (unpaired) electrons. The van der Waals surface area contributed by atoms with Crippen LogP contribution in [0.2, 0.25) is 10.0 Å². The maximum absolute atomic E-state index is 5.95. The van der Waals surface area contributed by atoms with Gasteiger partial charge in [0, 0.05) is 10.0 Å². The molecule has 0 amide bonds. The summed E-state index contributed by atoms with van der Waals surface area (Å²) in [7, 11) is 1.64. The van der Waals surface area contributed by atoms with E-state index in [4.69, 9.17) is 27.9 Å². The van der Waals surface area contributed by atoms with Crippen molar-refractivity contribution in [2.24, 2.45) is 0 Å². The Kier molecular flexibility index (Phi) is 3.37. The van der Waals surface area contributed by atoms with E-state index < -0.39 is 0 Å². The Morgan fingerprint density at radius 1 is 0.812 bits per heavy atom. The molecule has 2 rings (SSSR count). The molecule has 0 N–H and O–H groups in total. The summed E-state index contributed by atoms with van der Waals surface area (Å²) >= 11 is 11.9. The summed E-state index contributed by atoms with van der Waals surface area (Å²) in [5.41, 5.74) is 2.06. The Bertz CT molecular complexity index is 472. The van der Waals surface area contributed by atoms with E-state index in [1.165, 1.54) is 0 Å². The van der Waals surface area contributed by atoms with Gasteiger partial charge in [-0.25, -0.2) is 0 Å². The van der Waals surface area contributed by atoms with Gasteiger partial charge in [-0.15, -0.1) is 0 Å². The highest BCUT2D eigenvalue weighted by Gasteiger charge is 2.01. The highest BCUT2D eigenvalue weighted by atomic mass is 35.5. The lowest BCUT2D eigenvalue weighted by molar-refractivity contribution is 0.415. The van der Waals surface area contributed by atoms with Crippen molar-refractivity contribution in [3.63, 3.8) is 0 Å². The van der Waals surface area contributed by atoms with Crippen LogP contribution in [0.1, 0.15) is 0 Å². The van der Waals surface area contributed by atoms with E-state index in [0.717, 1.165) is 16.9 Å². The van der Waals surface area contributed by atoms with Gasteiger partial charge in [0.1, 0.15) is 5.75 Å². The molecule has 0 aliphatic heterocycles. The summed E-state index contributed by atoms with van der Waals surface area (Å²) in [5, 5.41) is 1.27. The first-order chi connectivity index (χ1) is 7.69. The van der Waals surface area contributed by atoms with Crippen molar-refractivity contribution >= 4 is 23.2 Å². The van der Waals surface area contributed by atoms with Gasteiger partial charge in [0.15, 0.2) is 0 Å². The first kappa shape index (κ1) is 11.3. The molecule has 82 valence electrons. The van der Waals surface area contributed by atoms with Gasteiger partial charge in [-0.3, -0.25) is 0 Å². The summed E-state index contributed by atoms with van der Waals surface area (Å²) in [5.74, 6) is 0.830. The molecule has 1 nitrogen and oxygen atoms in total. The van der Waals surface area contributed by atoms with Crippen molar-refractivity contribution in [3.05, 3.63) is 52.5 Å². The second-order valence-corrected chi connectivity index (χ2v) is 4.26. The third-order valence-corrected chi connectivity index (χ3v) is 2.72. The van der Waals surface area contributed by atoms with Crippen LogP contribution in [0.15, 0.2) is 42.5 Å². The molecule has 0 saturated carbocycles. The molecule has 0 heterocycles. The largest absolute Gasteiger partial charge is 0.497 e. The number of hydrogen-bond acceptors (Lipinski definition) is 1. The minimum Gasteiger partial charge on any atom is -0.497 e. The smallest absolute Gasteiger partial charge is 0.118 e. The van der Waals surface area contributed by atoms with Crippen LogP contribution in [0.3, 0.4) is 0 Å². The number of ether oxygens (including phenoxy) is 1. The molecule has 0 bridgehead atoms. The Morgan fingerprint density at radius 3 is 1.88 bits per heavy atom. The van der Waals surface area contributed by atoms with Gasteiger partial charge in [-0.1, -0.05) is 35.3 Å². The van der Waals surface area contributed by atoms with Gasteiger partial charge in [-0.2, -0.15) is 0 Å². The molecule has 0 unspecified atom stereocenters. The van der Waals surface area contributed by atoms with Crippen LogP contribution >= 0.6 is 23.2 Å². The third kappa shape index (κ3) is 2.49. The molecule has 3 heteroatoms. The predicted molar refractivity (Wildman–Crippen MR) is 68.5 cm³/mol. The van der Waals surface area contributed by atoms with Crippen molar-refractivity contribution in [1.29, 1.82) is 0 Å². The first-order valence-electron chi connectivity index (χ1n) is 4.79. The minimum absolute atomic E-state index is 0.637. The van der Waals surface area contributed by atoms with Gasteiger partial charge in [0.05, 0.1) is 7.11 Å². The number of hydrogen-bond donors (Lipinski definition) is 0. The molecule has 0 fully saturated rings. The fourth-order valence-electron chi connectivity index (χ4n) is 1.50. The lowest BCUT2D eigenvalue weighted by Crippen LogP contribution is -1.83. The zero-order valence-electron chi connectivity index (χ0n) is 8.71. The van der Waals surface area contributed by atoms with Crippen LogP contribution in [0.5, 0.6) is 5.75 Å². The molecule has 0 saturated heterocycles. The Labute approximate surface area is 105 Å². The quantitative estimate of drug-likeness (QED) is 0.755. The summed E-state index contributed by atoms with van der Waals surface area (Å²) in [6.07, 6.45) is 0.